The van der Waals surface area contributed by atoms with Crippen LogP contribution in [-0.4, -0.2) is 55.3 Å². The van der Waals surface area contributed by atoms with Crippen LogP contribution in [0.3, 0.4) is 0 Å². The van der Waals surface area contributed by atoms with Gasteiger partial charge in [0.2, 0.25) is 0 Å². The summed E-state index contributed by atoms with van der Waals surface area (Å²) in [6, 6.07) is 6.70. The monoisotopic (exact) mass is 354 g/mol. The van der Waals surface area contributed by atoms with E-state index in [9.17, 15) is 4.39 Å². The predicted octanol–water partition coefficient (Wildman–Crippen LogP) is 2.06. The van der Waals surface area contributed by atoms with Crippen LogP contribution >= 0.6 is 0 Å². The highest BCUT2D eigenvalue weighted by molar-refractivity contribution is 5.32. The Balaban J connectivity index is 1.32. The van der Waals surface area contributed by atoms with Gasteiger partial charge in [0.1, 0.15) is 17.3 Å². The molecular weight excluding hydrogens is 331 g/mol. The van der Waals surface area contributed by atoms with Crippen LogP contribution in [0.1, 0.15) is 11.4 Å². The van der Waals surface area contributed by atoms with Crippen molar-refractivity contribution in [3.8, 4) is 5.69 Å². The van der Waals surface area contributed by atoms with E-state index in [4.69, 9.17) is 0 Å². The largest absolute Gasteiger partial charge is 0.337 e. The molecule has 0 N–H and O–H groups in total. The van der Waals surface area contributed by atoms with Crippen molar-refractivity contribution in [2.24, 2.45) is 7.05 Å². The van der Waals surface area contributed by atoms with E-state index in [1.807, 2.05) is 37.9 Å². The van der Waals surface area contributed by atoms with Crippen LogP contribution in [-0.2, 0) is 20.1 Å². The molecule has 0 bridgehead atoms. The van der Waals surface area contributed by atoms with Gasteiger partial charge in [0, 0.05) is 63.9 Å². The van der Waals surface area contributed by atoms with Gasteiger partial charge in [-0.1, -0.05) is 12.1 Å². The van der Waals surface area contributed by atoms with Gasteiger partial charge in [-0.15, -0.1) is 0 Å². The third kappa shape index (κ3) is 3.68. The van der Waals surface area contributed by atoms with E-state index >= 15 is 0 Å². The molecule has 0 radical (unpaired) electrons. The van der Waals surface area contributed by atoms with Gasteiger partial charge < -0.3 is 4.57 Å². The van der Waals surface area contributed by atoms with Crippen LogP contribution in [0.2, 0.25) is 0 Å². The van der Waals surface area contributed by atoms with Crippen LogP contribution in [0.15, 0.2) is 49.1 Å². The van der Waals surface area contributed by atoms with E-state index < -0.39 is 0 Å². The molecule has 0 unspecified atom stereocenters. The number of benzene rings is 1. The van der Waals surface area contributed by atoms with Gasteiger partial charge in [-0.3, -0.25) is 9.80 Å². The highest BCUT2D eigenvalue weighted by atomic mass is 19.1. The Labute approximate surface area is 152 Å². The molecule has 7 heteroatoms. The third-order valence-electron chi connectivity index (χ3n) is 4.89. The molecule has 1 fully saturated rings. The molecule has 0 aliphatic carbocycles. The summed E-state index contributed by atoms with van der Waals surface area (Å²) in [5.41, 5.74) is 1.59. The summed E-state index contributed by atoms with van der Waals surface area (Å²) >= 11 is 0. The predicted molar refractivity (Wildman–Crippen MR) is 97.3 cm³/mol. The van der Waals surface area contributed by atoms with Gasteiger partial charge in [0.25, 0.3) is 0 Å². The van der Waals surface area contributed by atoms with E-state index in [1.54, 1.807) is 16.8 Å². The van der Waals surface area contributed by atoms with Crippen molar-refractivity contribution in [2.45, 2.75) is 13.1 Å². The standard InChI is InChI=1S/C19H23FN6/c1-23-7-6-21-19(23)15-25-10-8-24(9-11-25)13-16-12-22-26(14-16)18-5-3-2-4-17(18)20/h2-7,12,14H,8-11,13,15H2,1H3. The summed E-state index contributed by atoms with van der Waals surface area (Å²) in [6.45, 7) is 5.79. The lowest BCUT2D eigenvalue weighted by Crippen LogP contribution is -2.45. The second-order valence-electron chi connectivity index (χ2n) is 6.75. The van der Waals surface area contributed by atoms with Gasteiger partial charge in [-0.25, -0.2) is 14.1 Å². The number of rotatable bonds is 5. The van der Waals surface area contributed by atoms with Crippen molar-refractivity contribution in [3.63, 3.8) is 0 Å². The molecule has 3 aromatic rings. The fourth-order valence-corrected chi connectivity index (χ4v) is 3.32. The fraction of sp³-hybridized carbons (Fsp3) is 0.368. The van der Waals surface area contributed by atoms with E-state index in [0.29, 0.717) is 5.69 Å². The summed E-state index contributed by atoms with van der Waals surface area (Å²) in [5.74, 6) is 0.842. The molecule has 1 aliphatic heterocycles. The van der Waals surface area contributed by atoms with Crippen molar-refractivity contribution in [1.29, 1.82) is 0 Å². The number of para-hydroxylation sites is 1. The minimum atomic E-state index is -0.259. The molecule has 1 saturated heterocycles. The Kier molecular flexibility index (Phi) is 4.81. The zero-order chi connectivity index (χ0) is 17.9. The zero-order valence-electron chi connectivity index (χ0n) is 14.9. The summed E-state index contributed by atoms with van der Waals surface area (Å²) < 4.78 is 17.6. The molecule has 26 heavy (non-hydrogen) atoms. The number of aromatic nitrogens is 4. The van der Waals surface area contributed by atoms with Crippen LogP contribution < -0.4 is 0 Å². The minimum absolute atomic E-state index is 0.259. The van der Waals surface area contributed by atoms with E-state index in [1.165, 1.54) is 6.07 Å². The Hall–Kier alpha value is -2.51. The molecule has 0 saturated carbocycles. The molecule has 0 atom stereocenters. The van der Waals surface area contributed by atoms with Gasteiger partial charge >= 0.3 is 0 Å². The Morgan fingerprint density at radius 1 is 1.04 bits per heavy atom. The maximum Gasteiger partial charge on any atom is 0.148 e. The average molecular weight is 354 g/mol. The molecular formula is C19H23FN6. The number of nitrogens with zero attached hydrogens (tertiary/aromatic N) is 6. The molecule has 1 aliphatic rings. The first kappa shape index (κ1) is 16.9. The Morgan fingerprint density at radius 3 is 2.46 bits per heavy atom. The number of aryl methyl sites for hydroxylation is 1. The van der Waals surface area contributed by atoms with E-state index in [0.717, 1.165) is 50.7 Å². The third-order valence-corrected chi connectivity index (χ3v) is 4.89. The van der Waals surface area contributed by atoms with Crippen LogP contribution in [0.25, 0.3) is 5.69 Å². The molecule has 0 spiro atoms. The van der Waals surface area contributed by atoms with Crippen molar-refractivity contribution in [3.05, 3.63) is 66.3 Å². The van der Waals surface area contributed by atoms with Crippen molar-refractivity contribution < 1.29 is 4.39 Å². The minimum Gasteiger partial charge on any atom is -0.337 e. The smallest absolute Gasteiger partial charge is 0.148 e. The maximum absolute atomic E-state index is 13.9. The highest BCUT2D eigenvalue weighted by Crippen LogP contribution is 2.15. The molecule has 1 aromatic carbocycles. The summed E-state index contributed by atoms with van der Waals surface area (Å²) in [7, 11) is 2.03. The number of imidazole rings is 1. The van der Waals surface area contributed by atoms with Crippen LogP contribution in [0.5, 0.6) is 0 Å². The summed E-state index contributed by atoms with van der Waals surface area (Å²) in [4.78, 5) is 9.25. The molecule has 0 amide bonds. The first-order chi connectivity index (χ1) is 12.7. The molecule has 136 valence electrons. The number of hydrogen-bond acceptors (Lipinski definition) is 4. The lowest BCUT2D eigenvalue weighted by atomic mass is 10.2. The lowest BCUT2D eigenvalue weighted by Gasteiger charge is -2.34. The molecule has 2 aromatic heterocycles. The maximum atomic E-state index is 13.9. The molecule has 4 rings (SSSR count). The summed E-state index contributed by atoms with van der Waals surface area (Å²) in [6.07, 6.45) is 7.57. The first-order valence-corrected chi connectivity index (χ1v) is 8.88. The topological polar surface area (TPSA) is 42.1 Å². The zero-order valence-corrected chi connectivity index (χ0v) is 14.9. The second-order valence-corrected chi connectivity index (χ2v) is 6.75. The van der Waals surface area contributed by atoms with Gasteiger partial charge in [0.15, 0.2) is 0 Å². The van der Waals surface area contributed by atoms with Gasteiger partial charge in [0.05, 0.1) is 12.7 Å². The Bertz CT molecular complexity index is 862. The van der Waals surface area contributed by atoms with E-state index in [2.05, 4.69) is 24.4 Å². The lowest BCUT2D eigenvalue weighted by molar-refractivity contribution is 0.119. The average Bonchev–Trinajstić information content (AvgIpc) is 3.27. The normalized spacial score (nSPS) is 16.2. The van der Waals surface area contributed by atoms with Crippen molar-refractivity contribution in [1.82, 2.24) is 29.1 Å². The number of halogens is 1. The molecule has 6 nitrogen and oxygen atoms in total. The Morgan fingerprint density at radius 2 is 1.77 bits per heavy atom. The van der Waals surface area contributed by atoms with Gasteiger partial charge in [-0.05, 0) is 12.1 Å². The van der Waals surface area contributed by atoms with Gasteiger partial charge in [-0.2, -0.15) is 5.10 Å². The number of hydrogen-bond donors (Lipinski definition) is 0. The van der Waals surface area contributed by atoms with Crippen molar-refractivity contribution >= 4 is 0 Å². The number of piperazine rings is 1. The molecule has 3 heterocycles. The highest BCUT2D eigenvalue weighted by Gasteiger charge is 2.19. The first-order valence-electron chi connectivity index (χ1n) is 8.88. The van der Waals surface area contributed by atoms with Crippen LogP contribution in [0.4, 0.5) is 4.39 Å². The fourth-order valence-electron chi connectivity index (χ4n) is 3.32. The second kappa shape index (κ2) is 7.39. The quantitative estimate of drug-likeness (QED) is 0.703. The van der Waals surface area contributed by atoms with E-state index in [-0.39, 0.29) is 5.82 Å². The SMILES string of the molecule is Cn1ccnc1CN1CCN(Cc2cnn(-c3ccccc3F)c2)CC1. The van der Waals surface area contributed by atoms with Crippen LogP contribution in [0, 0.1) is 5.82 Å². The van der Waals surface area contributed by atoms with Crippen molar-refractivity contribution in [2.75, 3.05) is 26.2 Å². The summed E-state index contributed by atoms with van der Waals surface area (Å²) in [5, 5.41) is 4.32.